The number of carboxylic acid groups (broad SMARTS) is 1. The highest BCUT2D eigenvalue weighted by molar-refractivity contribution is 5.77. The lowest BCUT2D eigenvalue weighted by atomic mass is 10.1. The molecule has 0 aliphatic carbocycles. The molecule has 1 amide bonds. The summed E-state index contributed by atoms with van der Waals surface area (Å²) in [6, 6.07) is -0.481. The molecule has 0 radical (unpaired) electrons. The molecule has 1 heterocycles. The van der Waals surface area contributed by atoms with E-state index in [1.165, 1.54) is 0 Å². The number of amides is 1. The van der Waals surface area contributed by atoms with Crippen molar-refractivity contribution in [1.29, 1.82) is 0 Å². The first-order valence-electron chi connectivity index (χ1n) is 4.77. The molecule has 0 bridgehead atoms. The predicted molar refractivity (Wildman–Crippen MR) is 50.9 cm³/mol. The number of hydrogen-bond donors (Lipinski definition) is 2. The summed E-state index contributed by atoms with van der Waals surface area (Å²) in [5, 5.41) is 11.6. The second kappa shape index (κ2) is 4.41. The van der Waals surface area contributed by atoms with Gasteiger partial charge in [-0.3, -0.25) is 14.5 Å². The number of hydrogen-bond acceptors (Lipinski definition) is 3. The number of carbonyl (C=O) groups excluding carboxylic acids is 1. The topological polar surface area (TPSA) is 69.6 Å². The second-order valence-corrected chi connectivity index (χ2v) is 3.65. The molecule has 2 atom stereocenters. The molecule has 1 aliphatic rings. The lowest BCUT2D eigenvalue weighted by molar-refractivity contribution is -0.141. The molecule has 1 aliphatic heterocycles. The van der Waals surface area contributed by atoms with Gasteiger partial charge in [0, 0.05) is 19.0 Å². The molecule has 80 valence electrons. The molecule has 1 rings (SSSR count). The first-order valence-corrected chi connectivity index (χ1v) is 4.77. The van der Waals surface area contributed by atoms with Gasteiger partial charge < -0.3 is 10.4 Å². The molecule has 1 saturated heterocycles. The Morgan fingerprint density at radius 2 is 2.21 bits per heavy atom. The van der Waals surface area contributed by atoms with Crippen molar-refractivity contribution >= 4 is 11.9 Å². The van der Waals surface area contributed by atoms with Crippen LogP contribution in [0.3, 0.4) is 0 Å². The van der Waals surface area contributed by atoms with Crippen LogP contribution in [0.25, 0.3) is 0 Å². The Hall–Kier alpha value is -1.10. The maximum atomic E-state index is 11.1. The number of aliphatic carboxylic acids is 1. The quantitative estimate of drug-likeness (QED) is 0.654. The van der Waals surface area contributed by atoms with Gasteiger partial charge in [-0.25, -0.2) is 0 Å². The maximum absolute atomic E-state index is 11.1. The predicted octanol–water partition coefficient (Wildman–Crippen LogP) is -0.330. The van der Waals surface area contributed by atoms with E-state index >= 15 is 0 Å². The number of likely N-dealkylation sites (tertiary alicyclic amines) is 1. The highest BCUT2D eigenvalue weighted by Gasteiger charge is 2.34. The normalized spacial score (nSPS) is 27.6. The molecule has 0 spiro atoms. The molecule has 2 N–H and O–H groups in total. The zero-order valence-electron chi connectivity index (χ0n) is 8.49. The van der Waals surface area contributed by atoms with Crippen molar-refractivity contribution in [3.05, 3.63) is 0 Å². The van der Waals surface area contributed by atoms with Gasteiger partial charge in [0.1, 0.15) is 6.04 Å². The second-order valence-electron chi connectivity index (χ2n) is 3.65. The summed E-state index contributed by atoms with van der Waals surface area (Å²) in [6.45, 7) is 2.39. The fraction of sp³-hybridized carbons (Fsp3) is 0.778. The standard InChI is InChI=1S/C9H16N2O3/c1-3-8(12)10-6-4-7(9(13)14)11(2)5-6/h6-7H,3-5H2,1-2H3,(H,10,12)(H,13,14)/t6-,7+/m1/s1. The van der Waals surface area contributed by atoms with Crippen LogP contribution >= 0.6 is 0 Å². The zero-order valence-corrected chi connectivity index (χ0v) is 8.49. The third kappa shape index (κ3) is 2.45. The third-order valence-electron chi connectivity index (χ3n) is 2.52. The Morgan fingerprint density at radius 3 is 2.64 bits per heavy atom. The van der Waals surface area contributed by atoms with E-state index in [0.29, 0.717) is 19.4 Å². The Balaban J connectivity index is 2.46. The molecule has 0 aromatic carbocycles. The molecule has 5 nitrogen and oxygen atoms in total. The van der Waals surface area contributed by atoms with Gasteiger partial charge in [-0.15, -0.1) is 0 Å². The molecule has 0 unspecified atom stereocenters. The SMILES string of the molecule is CCC(=O)N[C@@H]1C[C@@H](C(=O)O)N(C)C1. The van der Waals surface area contributed by atoms with E-state index in [2.05, 4.69) is 5.32 Å². The van der Waals surface area contributed by atoms with Crippen molar-refractivity contribution in [3.8, 4) is 0 Å². The summed E-state index contributed by atoms with van der Waals surface area (Å²) in [4.78, 5) is 23.6. The van der Waals surface area contributed by atoms with Crippen molar-refractivity contribution < 1.29 is 14.7 Å². The van der Waals surface area contributed by atoms with E-state index in [0.717, 1.165) is 0 Å². The number of rotatable bonds is 3. The fourth-order valence-corrected chi connectivity index (χ4v) is 1.72. The third-order valence-corrected chi connectivity index (χ3v) is 2.52. The minimum atomic E-state index is -0.819. The monoisotopic (exact) mass is 200 g/mol. The van der Waals surface area contributed by atoms with Crippen LogP contribution in [0.1, 0.15) is 19.8 Å². The summed E-state index contributed by atoms with van der Waals surface area (Å²) in [5.41, 5.74) is 0. The van der Waals surface area contributed by atoms with E-state index in [1.54, 1.807) is 18.9 Å². The average Bonchev–Trinajstić information content (AvgIpc) is 2.46. The average molecular weight is 200 g/mol. The van der Waals surface area contributed by atoms with Gasteiger partial charge >= 0.3 is 5.97 Å². The van der Waals surface area contributed by atoms with Crippen LogP contribution in [0.15, 0.2) is 0 Å². The van der Waals surface area contributed by atoms with E-state index in [-0.39, 0.29) is 11.9 Å². The molecular formula is C9H16N2O3. The van der Waals surface area contributed by atoms with Crippen molar-refractivity contribution in [1.82, 2.24) is 10.2 Å². The lowest BCUT2D eigenvalue weighted by Gasteiger charge is -2.13. The summed E-state index contributed by atoms with van der Waals surface area (Å²) < 4.78 is 0. The molecule has 1 fully saturated rings. The molecular weight excluding hydrogens is 184 g/mol. The first-order chi connectivity index (χ1) is 6.54. The molecule has 0 saturated carbocycles. The first kappa shape index (κ1) is 11.0. The number of carbonyl (C=O) groups is 2. The smallest absolute Gasteiger partial charge is 0.320 e. The highest BCUT2D eigenvalue weighted by Crippen LogP contribution is 2.15. The van der Waals surface area contributed by atoms with Crippen LogP contribution in [0.5, 0.6) is 0 Å². The minimum Gasteiger partial charge on any atom is -0.480 e. The van der Waals surface area contributed by atoms with Crippen molar-refractivity contribution in [2.75, 3.05) is 13.6 Å². The van der Waals surface area contributed by atoms with Gasteiger partial charge in [0.05, 0.1) is 0 Å². The maximum Gasteiger partial charge on any atom is 0.320 e. The van der Waals surface area contributed by atoms with Crippen LogP contribution in [-0.2, 0) is 9.59 Å². The van der Waals surface area contributed by atoms with Crippen molar-refractivity contribution in [2.45, 2.75) is 31.8 Å². The lowest BCUT2D eigenvalue weighted by Crippen LogP contribution is -2.35. The fourth-order valence-electron chi connectivity index (χ4n) is 1.72. The van der Waals surface area contributed by atoms with Gasteiger partial charge in [0.25, 0.3) is 0 Å². The molecule has 0 aromatic rings. The van der Waals surface area contributed by atoms with Crippen molar-refractivity contribution in [2.24, 2.45) is 0 Å². The Labute approximate surface area is 83.1 Å². The van der Waals surface area contributed by atoms with Crippen molar-refractivity contribution in [3.63, 3.8) is 0 Å². The van der Waals surface area contributed by atoms with Crippen LogP contribution in [0, 0.1) is 0 Å². The Kier molecular flexibility index (Phi) is 3.46. The summed E-state index contributed by atoms with van der Waals surface area (Å²) in [5.74, 6) is -0.838. The summed E-state index contributed by atoms with van der Waals surface area (Å²) in [6.07, 6.45) is 0.940. The van der Waals surface area contributed by atoms with E-state index in [1.807, 2.05) is 0 Å². The van der Waals surface area contributed by atoms with E-state index in [4.69, 9.17) is 5.11 Å². The largest absolute Gasteiger partial charge is 0.480 e. The molecule has 5 heteroatoms. The summed E-state index contributed by atoms with van der Waals surface area (Å²) >= 11 is 0. The van der Waals surface area contributed by atoms with Crippen LogP contribution in [0.4, 0.5) is 0 Å². The number of nitrogens with one attached hydrogen (secondary N) is 1. The van der Waals surface area contributed by atoms with E-state index < -0.39 is 12.0 Å². The van der Waals surface area contributed by atoms with Gasteiger partial charge in [0.2, 0.25) is 5.91 Å². The van der Waals surface area contributed by atoms with Gasteiger partial charge in [-0.05, 0) is 13.5 Å². The summed E-state index contributed by atoms with van der Waals surface area (Å²) in [7, 11) is 1.76. The number of nitrogens with zero attached hydrogens (tertiary/aromatic N) is 1. The Morgan fingerprint density at radius 1 is 1.57 bits per heavy atom. The van der Waals surface area contributed by atoms with Crippen LogP contribution < -0.4 is 5.32 Å². The molecule has 14 heavy (non-hydrogen) atoms. The van der Waals surface area contributed by atoms with Crippen LogP contribution in [0.2, 0.25) is 0 Å². The zero-order chi connectivity index (χ0) is 10.7. The highest BCUT2D eigenvalue weighted by atomic mass is 16.4. The van der Waals surface area contributed by atoms with E-state index in [9.17, 15) is 9.59 Å². The minimum absolute atomic E-state index is 0.0190. The van der Waals surface area contributed by atoms with Gasteiger partial charge in [-0.1, -0.05) is 6.92 Å². The van der Waals surface area contributed by atoms with Gasteiger partial charge in [0.15, 0.2) is 0 Å². The van der Waals surface area contributed by atoms with Gasteiger partial charge in [-0.2, -0.15) is 0 Å². The Bertz CT molecular complexity index is 242. The van der Waals surface area contributed by atoms with Crippen LogP contribution in [-0.4, -0.2) is 47.6 Å². The number of likely N-dealkylation sites (N-methyl/N-ethyl adjacent to an activating group) is 1. The number of carboxylic acids is 1. The molecule has 0 aromatic heterocycles.